The van der Waals surface area contributed by atoms with Crippen molar-refractivity contribution in [2.24, 2.45) is 16.5 Å². The van der Waals surface area contributed by atoms with E-state index in [1.54, 1.807) is 36.4 Å². The predicted molar refractivity (Wildman–Crippen MR) is 120 cm³/mol. The number of aliphatic carboxylic acids is 1. The van der Waals surface area contributed by atoms with E-state index in [0.717, 1.165) is 12.8 Å². The predicted octanol–water partition coefficient (Wildman–Crippen LogP) is 1.88. The molecule has 0 radical (unpaired) electrons. The SMILES string of the molecule is NC(N)=NCCCCNC(=O)C=Cc1ccc2c(c1)[C@@H](C(=O)O)[C@H](c1ccc(O)cc1)O2. The lowest BCUT2D eigenvalue weighted by atomic mass is 9.90. The molecule has 3 rings (SSSR count). The van der Waals surface area contributed by atoms with Crippen molar-refractivity contribution in [1.29, 1.82) is 0 Å². The zero-order chi connectivity index (χ0) is 23.1. The van der Waals surface area contributed by atoms with Gasteiger partial charge in [0.25, 0.3) is 0 Å². The van der Waals surface area contributed by atoms with Crippen LogP contribution in [0.3, 0.4) is 0 Å². The van der Waals surface area contributed by atoms with Crippen LogP contribution in [0, 0.1) is 0 Å². The quantitative estimate of drug-likeness (QED) is 0.173. The maximum atomic E-state index is 12.0. The molecule has 9 nitrogen and oxygen atoms in total. The smallest absolute Gasteiger partial charge is 0.315 e. The van der Waals surface area contributed by atoms with Crippen LogP contribution in [0.2, 0.25) is 0 Å². The molecule has 1 heterocycles. The van der Waals surface area contributed by atoms with Gasteiger partial charge in [0.1, 0.15) is 23.5 Å². The van der Waals surface area contributed by atoms with Gasteiger partial charge < -0.3 is 31.7 Å². The van der Waals surface area contributed by atoms with Gasteiger partial charge in [0.2, 0.25) is 5.91 Å². The van der Waals surface area contributed by atoms with Crippen LogP contribution in [0.15, 0.2) is 53.5 Å². The molecule has 0 saturated carbocycles. The first-order valence-electron chi connectivity index (χ1n) is 10.2. The number of amides is 1. The number of fused-ring (bicyclic) bond motifs is 1. The molecule has 0 spiro atoms. The number of phenols is 1. The summed E-state index contributed by atoms with van der Waals surface area (Å²) >= 11 is 0. The lowest BCUT2D eigenvalue weighted by molar-refractivity contribution is -0.140. The summed E-state index contributed by atoms with van der Waals surface area (Å²) < 4.78 is 5.90. The van der Waals surface area contributed by atoms with Crippen LogP contribution in [0.4, 0.5) is 0 Å². The molecular formula is C23H26N4O5. The average Bonchev–Trinajstić information content (AvgIpc) is 3.14. The summed E-state index contributed by atoms with van der Waals surface area (Å²) in [5.41, 5.74) is 12.4. The molecule has 2 aromatic carbocycles. The van der Waals surface area contributed by atoms with Crippen LogP contribution in [0.5, 0.6) is 11.5 Å². The molecule has 0 fully saturated rings. The Balaban J connectivity index is 1.63. The maximum absolute atomic E-state index is 12.0. The zero-order valence-electron chi connectivity index (χ0n) is 17.4. The van der Waals surface area contributed by atoms with E-state index >= 15 is 0 Å². The summed E-state index contributed by atoms with van der Waals surface area (Å²) in [7, 11) is 0. The van der Waals surface area contributed by atoms with Gasteiger partial charge in [-0.2, -0.15) is 0 Å². The highest BCUT2D eigenvalue weighted by Gasteiger charge is 2.40. The summed E-state index contributed by atoms with van der Waals surface area (Å²) in [4.78, 5) is 27.9. The summed E-state index contributed by atoms with van der Waals surface area (Å²) in [6, 6.07) is 11.5. The third-order valence-corrected chi connectivity index (χ3v) is 5.02. The van der Waals surface area contributed by atoms with Crippen molar-refractivity contribution in [1.82, 2.24) is 5.32 Å². The molecule has 0 saturated heterocycles. The Labute approximate surface area is 185 Å². The van der Waals surface area contributed by atoms with E-state index in [-0.39, 0.29) is 17.6 Å². The molecule has 9 heteroatoms. The number of phenolic OH excluding ortho intramolecular Hbond substituents is 1. The topological polar surface area (TPSA) is 160 Å². The Hall–Kier alpha value is -4.01. The van der Waals surface area contributed by atoms with Crippen LogP contribution < -0.4 is 21.5 Å². The lowest BCUT2D eigenvalue weighted by Crippen LogP contribution is -2.24. The van der Waals surface area contributed by atoms with E-state index in [2.05, 4.69) is 10.3 Å². The van der Waals surface area contributed by atoms with Crippen LogP contribution in [0.1, 0.15) is 41.6 Å². The fourth-order valence-corrected chi connectivity index (χ4v) is 3.46. The Kier molecular flexibility index (Phi) is 7.33. The van der Waals surface area contributed by atoms with Gasteiger partial charge in [-0.1, -0.05) is 18.2 Å². The lowest BCUT2D eigenvalue weighted by Gasteiger charge is -2.16. The number of nitrogens with zero attached hydrogens (tertiary/aromatic N) is 1. The first-order chi connectivity index (χ1) is 15.3. The van der Waals surface area contributed by atoms with Gasteiger partial charge in [-0.25, -0.2) is 0 Å². The van der Waals surface area contributed by atoms with Gasteiger partial charge in [-0.3, -0.25) is 14.6 Å². The highest BCUT2D eigenvalue weighted by molar-refractivity contribution is 5.91. The third-order valence-electron chi connectivity index (χ3n) is 5.02. The number of rotatable bonds is 9. The van der Waals surface area contributed by atoms with E-state index < -0.39 is 18.0 Å². The molecule has 1 amide bonds. The van der Waals surface area contributed by atoms with Crippen molar-refractivity contribution >= 4 is 23.9 Å². The van der Waals surface area contributed by atoms with Crippen molar-refractivity contribution in [2.45, 2.75) is 24.9 Å². The zero-order valence-corrected chi connectivity index (χ0v) is 17.4. The molecule has 0 unspecified atom stereocenters. The fraction of sp³-hybridized carbons (Fsp3) is 0.261. The van der Waals surface area contributed by atoms with Crippen LogP contribution in [-0.2, 0) is 9.59 Å². The molecule has 2 atom stereocenters. The van der Waals surface area contributed by atoms with Crippen LogP contribution in [-0.4, -0.2) is 41.1 Å². The first kappa shape index (κ1) is 22.7. The number of aromatic hydroxyl groups is 1. The number of ether oxygens (including phenoxy) is 1. The number of benzene rings is 2. The largest absolute Gasteiger partial charge is 0.508 e. The van der Waals surface area contributed by atoms with Crippen molar-refractivity contribution in [2.75, 3.05) is 13.1 Å². The number of nitrogens with one attached hydrogen (secondary N) is 1. The van der Waals surface area contributed by atoms with E-state index in [0.29, 0.717) is 35.5 Å². The second-order valence-electron chi connectivity index (χ2n) is 7.38. The minimum Gasteiger partial charge on any atom is -0.508 e. The standard InChI is InChI=1S/C23H26N4O5/c24-23(25)27-12-2-1-11-26-19(29)10-4-14-3-9-18-17(13-14)20(22(30)31)21(32-18)15-5-7-16(28)8-6-15/h3-10,13,20-21,28H,1-2,11-12H2,(H,26,29)(H,30,31)(H4,24,25,27)/t20-,21+/m1/s1. The number of carbonyl (C=O) groups is 2. The number of carboxylic acid groups (broad SMARTS) is 1. The van der Waals surface area contributed by atoms with Gasteiger partial charge in [-0.15, -0.1) is 0 Å². The number of nitrogens with two attached hydrogens (primary N) is 2. The summed E-state index contributed by atoms with van der Waals surface area (Å²) in [6.45, 7) is 1.01. The highest BCUT2D eigenvalue weighted by Crippen LogP contribution is 2.46. The number of hydrogen-bond acceptors (Lipinski definition) is 5. The molecule has 32 heavy (non-hydrogen) atoms. The second-order valence-corrected chi connectivity index (χ2v) is 7.38. The van der Waals surface area contributed by atoms with Gasteiger partial charge in [-0.05, 0) is 54.3 Å². The number of hydrogen-bond donors (Lipinski definition) is 5. The van der Waals surface area contributed by atoms with Gasteiger partial charge in [0.15, 0.2) is 5.96 Å². The van der Waals surface area contributed by atoms with E-state index in [9.17, 15) is 19.8 Å². The Morgan fingerprint density at radius 1 is 1.12 bits per heavy atom. The Morgan fingerprint density at radius 3 is 2.56 bits per heavy atom. The van der Waals surface area contributed by atoms with E-state index in [4.69, 9.17) is 16.2 Å². The number of carboxylic acids is 1. The van der Waals surface area contributed by atoms with Crippen molar-refractivity contribution in [3.05, 3.63) is 65.2 Å². The van der Waals surface area contributed by atoms with Gasteiger partial charge in [0.05, 0.1) is 0 Å². The molecule has 0 aliphatic carbocycles. The minimum atomic E-state index is -1.01. The second kappa shape index (κ2) is 10.3. The molecule has 1 aliphatic heterocycles. The summed E-state index contributed by atoms with van der Waals surface area (Å²) in [5.74, 6) is -1.53. The van der Waals surface area contributed by atoms with Gasteiger partial charge in [0, 0.05) is 24.7 Å². The molecule has 1 aliphatic rings. The van der Waals surface area contributed by atoms with Crippen LogP contribution >= 0.6 is 0 Å². The minimum absolute atomic E-state index is 0.0521. The van der Waals surface area contributed by atoms with Crippen molar-refractivity contribution < 1.29 is 24.5 Å². The molecule has 0 aromatic heterocycles. The third kappa shape index (κ3) is 5.78. The van der Waals surface area contributed by atoms with E-state index in [1.165, 1.54) is 18.2 Å². The van der Waals surface area contributed by atoms with Crippen molar-refractivity contribution in [3.8, 4) is 11.5 Å². The summed E-state index contributed by atoms with van der Waals surface area (Å²) in [5, 5.41) is 22.1. The Bertz CT molecular complexity index is 1030. The summed E-state index contributed by atoms with van der Waals surface area (Å²) in [6.07, 6.45) is 3.82. The molecule has 2 aromatic rings. The molecule has 7 N–H and O–H groups in total. The number of guanidine groups is 1. The van der Waals surface area contributed by atoms with Gasteiger partial charge >= 0.3 is 5.97 Å². The number of aliphatic imine (C=N–C) groups is 1. The fourth-order valence-electron chi connectivity index (χ4n) is 3.46. The monoisotopic (exact) mass is 438 g/mol. The van der Waals surface area contributed by atoms with E-state index in [1.807, 2.05) is 0 Å². The maximum Gasteiger partial charge on any atom is 0.315 e. The van der Waals surface area contributed by atoms with Crippen molar-refractivity contribution in [3.63, 3.8) is 0 Å². The average molecular weight is 438 g/mol. The first-order valence-corrected chi connectivity index (χ1v) is 10.2. The molecular weight excluding hydrogens is 412 g/mol. The van der Waals surface area contributed by atoms with Crippen LogP contribution in [0.25, 0.3) is 6.08 Å². The normalized spacial score (nSPS) is 16.9. The molecule has 168 valence electrons. The molecule has 0 bridgehead atoms. The number of carbonyl (C=O) groups excluding carboxylic acids is 1. The Morgan fingerprint density at radius 2 is 1.88 bits per heavy atom. The number of unbranched alkanes of at least 4 members (excludes halogenated alkanes) is 1. The highest BCUT2D eigenvalue weighted by atomic mass is 16.5.